The molecule has 6 heteroatoms. The minimum absolute atomic E-state index is 0.117. The van der Waals surface area contributed by atoms with E-state index < -0.39 is 0 Å². The molecule has 0 aliphatic carbocycles. The average Bonchev–Trinajstić information content (AvgIpc) is 3.10. The summed E-state index contributed by atoms with van der Waals surface area (Å²) in [6, 6.07) is 7.31. The smallest absolute Gasteiger partial charge is 0.224 e. The van der Waals surface area contributed by atoms with Gasteiger partial charge in [-0.2, -0.15) is 0 Å². The number of benzene rings is 1. The summed E-state index contributed by atoms with van der Waals surface area (Å²) in [7, 11) is 1.58. The molecule has 1 heterocycles. The predicted octanol–water partition coefficient (Wildman–Crippen LogP) is 1.59. The van der Waals surface area contributed by atoms with Crippen molar-refractivity contribution in [3.05, 3.63) is 24.3 Å². The van der Waals surface area contributed by atoms with Crippen molar-refractivity contribution in [3.63, 3.8) is 0 Å². The molecule has 1 aliphatic heterocycles. The van der Waals surface area contributed by atoms with Gasteiger partial charge >= 0.3 is 0 Å². The Balaban J connectivity index is 1.60. The monoisotopic (exact) mass is 320 g/mol. The molecule has 1 aliphatic rings. The van der Waals surface area contributed by atoms with E-state index in [2.05, 4.69) is 5.32 Å². The first-order valence-corrected chi connectivity index (χ1v) is 8.01. The molecule has 126 valence electrons. The number of hydrogen-bond acceptors (Lipinski definition) is 4. The highest BCUT2D eigenvalue weighted by molar-refractivity contribution is 5.79. The van der Waals surface area contributed by atoms with Crippen LogP contribution in [0.15, 0.2) is 24.3 Å². The minimum Gasteiger partial charge on any atom is -0.493 e. The van der Waals surface area contributed by atoms with Crippen LogP contribution in [-0.4, -0.2) is 50.1 Å². The third-order valence-electron chi connectivity index (χ3n) is 3.78. The fourth-order valence-corrected chi connectivity index (χ4v) is 2.51. The number of carbonyl (C=O) groups is 2. The zero-order valence-electron chi connectivity index (χ0n) is 13.5. The van der Waals surface area contributed by atoms with E-state index in [0.717, 1.165) is 25.9 Å². The average molecular weight is 320 g/mol. The fraction of sp³-hybridized carbons (Fsp3) is 0.529. The van der Waals surface area contributed by atoms with E-state index >= 15 is 0 Å². The number of likely N-dealkylation sites (tertiary alicyclic amines) is 1. The molecule has 0 saturated carbocycles. The first-order valence-electron chi connectivity index (χ1n) is 8.01. The number of carbonyl (C=O) groups excluding carboxylic acids is 2. The molecule has 1 fully saturated rings. The Kier molecular flexibility index (Phi) is 6.72. The second-order valence-corrected chi connectivity index (χ2v) is 5.44. The summed E-state index contributed by atoms with van der Waals surface area (Å²) in [5.74, 6) is 1.26. The second kappa shape index (κ2) is 9.02. The van der Waals surface area contributed by atoms with Crippen LogP contribution in [0.5, 0.6) is 11.5 Å². The van der Waals surface area contributed by atoms with Gasteiger partial charge < -0.3 is 19.7 Å². The lowest BCUT2D eigenvalue weighted by molar-refractivity contribution is -0.130. The molecule has 0 atom stereocenters. The molecule has 2 amide bonds. The van der Waals surface area contributed by atoms with E-state index in [1.54, 1.807) is 19.2 Å². The number of para-hydroxylation sites is 2. The van der Waals surface area contributed by atoms with Crippen LogP contribution in [0.3, 0.4) is 0 Å². The number of amides is 2. The first-order chi connectivity index (χ1) is 11.2. The summed E-state index contributed by atoms with van der Waals surface area (Å²) in [6.45, 7) is 2.34. The van der Waals surface area contributed by atoms with E-state index in [0.29, 0.717) is 24.5 Å². The van der Waals surface area contributed by atoms with Crippen molar-refractivity contribution in [2.75, 3.05) is 33.4 Å². The highest BCUT2D eigenvalue weighted by atomic mass is 16.5. The lowest BCUT2D eigenvalue weighted by Crippen LogP contribution is -2.33. The third kappa shape index (κ3) is 5.47. The van der Waals surface area contributed by atoms with Gasteiger partial charge in [0.2, 0.25) is 11.8 Å². The number of ether oxygens (including phenoxy) is 2. The molecule has 0 bridgehead atoms. The zero-order valence-corrected chi connectivity index (χ0v) is 13.5. The summed E-state index contributed by atoms with van der Waals surface area (Å²) >= 11 is 0. The van der Waals surface area contributed by atoms with Gasteiger partial charge in [-0.1, -0.05) is 12.1 Å². The molecule has 0 unspecified atom stereocenters. The Bertz CT molecular complexity index is 527. The van der Waals surface area contributed by atoms with Gasteiger partial charge in [-0.25, -0.2) is 0 Å². The lowest BCUT2D eigenvalue weighted by atomic mass is 10.3. The van der Waals surface area contributed by atoms with Gasteiger partial charge in [-0.05, 0) is 25.0 Å². The quantitative estimate of drug-likeness (QED) is 0.790. The van der Waals surface area contributed by atoms with E-state index in [1.807, 2.05) is 17.0 Å². The molecular formula is C17H24N2O4. The van der Waals surface area contributed by atoms with Crippen LogP contribution in [0.4, 0.5) is 0 Å². The van der Waals surface area contributed by atoms with Gasteiger partial charge in [0, 0.05) is 26.1 Å². The summed E-state index contributed by atoms with van der Waals surface area (Å²) in [6.07, 6.45) is 2.77. The van der Waals surface area contributed by atoms with Crippen LogP contribution in [0.2, 0.25) is 0 Å². The van der Waals surface area contributed by atoms with Crippen LogP contribution in [-0.2, 0) is 9.59 Å². The molecule has 1 saturated heterocycles. The largest absolute Gasteiger partial charge is 0.493 e. The molecule has 1 aromatic rings. The normalized spacial score (nSPS) is 13.7. The molecule has 1 aromatic carbocycles. The number of nitrogens with one attached hydrogen (secondary N) is 1. The number of rotatable bonds is 8. The highest BCUT2D eigenvalue weighted by Gasteiger charge is 2.17. The van der Waals surface area contributed by atoms with Crippen LogP contribution in [0.25, 0.3) is 0 Å². The Morgan fingerprint density at radius 2 is 1.83 bits per heavy atom. The maximum atomic E-state index is 11.8. The molecule has 23 heavy (non-hydrogen) atoms. The zero-order chi connectivity index (χ0) is 16.5. The maximum absolute atomic E-state index is 11.8. The third-order valence-corrected chi connectivity index (χ3v) is 3.78. The Morgan fingerprint density at radius 1 is 1.13 bits per heavy atom. The van der Waals surface area contributed by atoms with E-state index in [1.165, 1.54) is 0 Å². The number of hydrogen-bond donors (Lipinski definition) is 1. The Labute approximate surface area is 136 Å². The van der Waals surface area contributed by atoms with Crippen molar-refractivity contribution in [1.29, 1.82) is 0 Å². The van der Waals surface area contributed by atoms with Crippen LogP contribution < -0.4 is 14.8 Å². The molecule has 0 radical (unpaired) electrons. The molecule has 2 rings (SSSR count). The molecule has 0 spiro atoms. The molecular weight excluding hydrogens is 296 g/mol. The van der Waals surface area contributed by atoms with Gasteiger partial charge in [-0.3, -0.25) is 9.59 Å². The van der Waals surface area contributed by atoms with Crippen LogP contribution >= 0.6 is 0 Å². The van der Waals surface area contributed by atoms with E-state index in [4.69, 9.17) is 9.47 Å². The van der Waals surface area contributed by atoms with E-state index in [9.17, 15) is 9.59 Å². The van der Waals surface area contributed by atoms with Gasteiger partial charge in [0.05, 0.1) is 20.1 Å². The van der Waals surface area contributed by atoms with Crippen molar-refractivity contribution < 1.29 is 19.1 Å². The first kappa shape index (κ1) is 17.1. The standard InChI is InChI=1S/C17H24N2O4/c1-22-14-6-2-3-7-15(14)23-13-9-16(20)18-10-8-17(21)19-11-4-5-12-19/h2-3,6-7H,4-5,8-13H2,1H3,(H,18,20). The topological polar surface area (TPSA) is 67.9 Å². The predicted molar refractivity (Wildman–Crippen MR) is 86.5 cm³/mol. The summed E-state index contributed by atoms with van der Waals surface area (Å²) in [5, 5.41) is 2.75. The van der Waals surface area contributed by atoms with Crippen LogP contribution in [0, 0.1) is 0 Å². The van der Waals surface area contributed by atoms with Gasteiger partial charge in [-0.15, -0.1) is 0 Å². The van der Waals surface area contributed by atoms with Crippen molar-refractivity contribution in [2.45, 2.75) is 25.7 Å². The van der Waals surface area contributed by atoms with Crippen LogP contribution in [0.1, 0.15) is 25.7 Å². The van der Waals surface area contributed by atoms with Crippen molar-refractivity contribution in [1.82, 2.24) is 10.2 Å². The summed E-state index contributed by atoms with van der Waals surface area (Å²) < 4.78 is 10.7. The van der Waals surface area contributed by atoms with Gasteiger partial charge in [0.15, 0.2) is 11.5 Å². The lowest BCUT2D eigenvalue weighted by Gasteiger charge is -2.15. The number of methoxy groups -OCH3 is 1. The molecule has 6 nitrogen and oxygen atoms in total. The second-order valence-electron chi connectivity index (χ2n) is 5.44. The Hall–Kier alpha value is -2.24. The summed E-state index contributed by atoms with van der Waals surface area (Å²) in [5.41, 5.74) is 0. The SMILES string of the molecule is COc1ccccc1OCCC(=O)NCCC(=O)N1CCCC1. The summed E-state index contributed by atoms with van der Waals surface area (Å²) in [4.78, 5) is 25.4. The van der Waals surface area contributed by atoms with Crippen molar-refractivity contribution in [2.24, 2.45) is 0 Å². The van der Waals surface area contributed by atoms with Crippen molar-refractivity contribution >= 4 is 11.8 Å². The minimum atomic E-state index is -0.117. The van der Waals surface area contributed by atoms with Gasteiger partial charge in [0.1, 0.15) is 0 Å². The highest BCUT2D eigenvalue weighted by Crippen LogP contribution is 2.25. The maximum Gasteiger partial charge on any atom is 0.224 e. The van der Waals surface area contributed by atoms with Gasteiger partial charge in [0.25, 0.3) is 0 Å². The van der Waals surface area contributed by atoms with Crippen molar-refractivity contribution in [3.8, 4) is 11.5 Å². The molecule has 0 aromatic heterocycles. The Morgan fingerprint density at radius 3 is 2.52 bits per heavy atom. The number of nitrogens with zero attached hydrogens (tertiary/aromatic N) is 1. The molecule has 1 N–H and O–H groups in total. The fourth-order valence-electron chi connectivity index (χ4n) is 2.51. The van der Waals surface area contributed by atoms with E-state index in [-0.39, 0.29) is 24.8 Å².